The van der Waals surface area contributed by atoms with Gasteiger partial charge in [-0.1, -0.05) is 6.07 Å². The van der Waals surface area contributed by atoms with Crippen molar-refractivity contribution in [2.45, 2.75) is 37.8 Å². The van der Waals surface area contributed by atoms with Gasteiger partial charge in [-0.25, -0.2) is 4.98 Å². The van der Waals surface area contributed by atoms with Gasteiger partial charge in [-0.05, 0) is 50.9 Å². The predicted octanol–water partition coefficient (Wildman–Crippen LogP) is 2.01. The summed E-state index contributed by atoms with van der Waals surface area (Å²) >= 11 is 0. The van der Waals surface area contributed by atoms with Crippen molar-refractivity contribution in [2.24, 2.45) is 0 Å². The van der Waals surface area contributed by atoms with Gasteiger partial charge in [-0.15, -0.1) is 0 Å². The second kappa shape index (κ2) is 5.67. The zero-order valence-corrected chi connectivity index (χ0v) is 11.5. The van der Waals surface area contributed by atoms with E-state index in [0.29, 0.717) is 17.8 Å². The number of anilines is 1. The minimum Gasteiger partial charge on any atom is -0.384 e. The van der Waals surface area contributed by atoms with E-state index in [9.17, 15) is 0 Å². The molecule has 2 unspecified atom stereocenters. The molecule has 100 valence electrons. The number of pyridine rings is 1. The van der Waals surface area contributed by atoms with Gasteiger partial charge in [-0.2, -0.15) is 0 Å². The van der Waals surface area contributed by atoms with Gasteiger partial charge >= 0.3 is 0 Å². The molecule has 0 saturated heterocycles. The summed E-state index contributed by atoms with van der Waals surface area (Å²) in [6.07, 6.45) is 3.83. The van der Waals surface area contributed by atoms with E-state index in [4.69, 9.17) is 10.5 Å². The number of rotatable bonds is 4. The number of nitrogens with two attached hydrogens (primary N) is 1. The van der Waals surface area contributed by atoms with E-state index >= 15 is 0 Å². The number of ether oxygens (including phenoxy) is 1. The zero-order chi connectivity index (χ0) is 13.1. The molecule has 1 aromatic heterocycles. The highest BCUT2D eigenvalue weighted by Crippen LogP contribution is 2.37. The fourth-order valence-corrected chi connectivity index (χ4v) is 2.76. The minimum absolute atomic E-state index is 0.403. The Morgan fingerprint density at radius 1 is 1.39 bits per heavy atom. The number of methoxy groups -OCH3 is 1. The normalized spacial score (nSPS) is 23.8. The van der Waals surface area contributed by atoms with Crippen LogP contribution in [0.4, 0.5) is 5.82 Å². The van der Waals surface area contributed by atoms with E-state index in [2.05, 4.69) is 30.0 Å². The minimum atomic E-state index is 0.403. The summed E-state index contributed by atoms with van der Waals surface area (Å²) in [6.45, 7) is 0.842. The molecule has 0 aromatic carbocycles. The third-order valence-corrected chi connectivity index (χ3v) is 3.65. The molecular formula is C14H23N3O. The van der Waals surface area contributed by atoms with Crippen molar-refractivity contribution in [3.63, 3.8) is 0 Å². The Hall–Kier alpha value is -1.13. The second-order valence-corrected chi connectivity index (χ2v) is 5.38. The summed E-state index contributed by atoms with van der Waals surface area (Å²) in [4.78, 5) is 6.64. The lowest BCUT2D eigenvalue weighted by Crippen LogP contribution is -2.16. The first-order valence-electron chi connectivity index (χ1n) is 6.53. The first-order valence-corrected chi connectivity index (χ1v) is 6.53. The van der Waals surface area contributed by atoms with Crippen LogP contribution in [0.15, 0.2) is 12.1 Å². The Balaban J connectivity index is 2.21. The maximum Gasteiger partial charge on any atom is 0.123 e. The second-order valence-electron chi connectivity index (χ2n) is 5.38. The third kappa shape index (κ3) is 3.00. The van der Waals surface area contributed by atoms with E-state index in [1.807, 2.05) is 6.07 Å². The van der Waals surface area contributed by atoms with Crippen molar-refractivity contribution in [1.82, 2.24) is 9.88 Å². The molecule has 4 nitrogen and oxygen atoms in total. The van der Waals surface area contributed by atoms with Gasteiger partial charge in [0.15, 0.2) is 0 Å². The summed E-state index contributed by atoms with van der Waals surface area (Å²) < 4.78 is 5.45. The number of nitrogen functional groups attached to an aromatic ring is 1. The van der Waals surface area contributed by atoms with Gasteiger partial charge in [-0.3, -0.25) is 0 Å². The monoisotopic (exact) mass is 249 g/mol. The lowest BCUT2D eigenvalue weighted by Gasteiger charge is -2.18. The molecular weight excluding hydrogens is 226 g/mol. The van der Waals surface area contributed by atoms with Crippen LogP contribution >= 0.6 is 0 Å². The first-order chi connectivity index (χ1) is 8.60. The lowest BCUT2D eigenvalue weighted by atomic mass is 9.95. The first kappa shape index (κ1) is 13.3. The van der Waals surface area contributed by atoms with Crippen LogP contribution in [0.2, 0.25) is 0 Å². The maximum atomic E-state index is 5.80. The lowest BCUT2D eigenvalue weighted by molar-refractivity contribution is 0.108. The molecule has 2 rings (SSSR count). The van der Waals surface area contributed by atoms with Crippen LogP contribution < -0.4 is 5.73 Å². The smallest absolute Gasteiger partial charge is 0.123 e. The van der Waals surface area contributed by atoms with Crippen molar-refractivity contribution in [1.29, 1.82) is 0 Å². The predicted molar refractivity (Wildman–Crippen MR) is 73.4 cm³/mol. The molecule has 0 aliphatic heterocycles. The Labute approximate surface area is 109 Å². The summed E-state index contributed by atoms with van der Waals surface area (Å²) in [5, 5.41) is 0. The molecule has 1 aromatic rings. The fourth-order valence-electron chi connectivity index (χ4n) is 2.76. The topological polar surface area (TPSA) is 51.4 Å². The van der Waals surface area contributed by atoms with E-state index in [-0.39, 0.29) is 0 Å². The molecule has 0 amide bonds. The molecule has 0 bridgehead atoms. The molecule has 1 aliphatic carbocycles. The molecule has 4 heteroatoms. The van der Waals surface area contributed by atoms with Gasteiger partial charge in [0, 0.05) is 13.7 Å². The summed E-state index contributed by atoms with van der Waals surface area (Å²) in [6, 6.07) is 4.05. The third-order valence-electron chi connectivity index (χ3n) is 3.65. The largest absolute Gasteiger partial charge is 0.384 e. The van der Waals surface area contributed by atoms with Crippen LogP contribution in [0.1, 0.15) is 36.4 Å². The number of hydrogen-bond donors (Lipinski definition) is 1. The molecule has 0 radical (unpaired) electrons. The number of aromatic nitrogens is 1. The maximum absolute atomic E-state index is 5.80. The molecule has 2 atom stereocenters. The van der Waals surface area contributed by atoms with Crippen molar-refractivity contribution in [2.75, 3.05) is 26.9 Å². The van der Waals surface area contributed by atoms with Gasteiger partial charge in [0.2, 0.25) is 0 Å². The highest BCUT2D eigenvalue weighted by atomic mass is 16.5. The van der Waals surface area contributed by atoms with Crippen LogP contribution in [0.25, 0.3) is 0 Å². The van der Waals surface area contributed by atoms with Gasteiger partial charge in [0.05, 0.1) is 11.8 Å². The van der Waals surface area contributed by atoms with Crippen LogP contribution in [0.5, 0.6) is 0 Å². The highest BCUT2D eigenvalue weighted by molar-refractivity contribution is 5.36. The van der Waals surface area contributed by atoms with E-state index < -0.39 is 0 Å². The average Bonchev–Trinajstić information content (AvgIpc) is 2.77. The summed E-state index contributed by atoms with van der Waals surface area (Å²) in [7, 11) is 5.91. The van der Waals surface area contributed by atoms with Crippen LogP contribution in [0, 0.1) is 0 Å². The van der Waals surface area contributed by atoms with Crippen molar-refractivity contribution in [3.05, 3.63) is 23.4 Å². The molecule has 1 saturated carbocycles. The zero-order valence-electron chi connectivity index (χ0n) is 11.5. The average molecular weight is 249 g/mol. The Morgan fingerprint density at radius 3 is 2.78 bits per heavy atom. The fraction of sp³-hybridized carbons (Fsp3) is 0.643. The van der Waals surface area contributed by atoms with Crippen molar-refractivity contribution < 1.29 is 4.74 Å². The van der Waals surface area contributed by atoms with Crippen LogP contribution in [-0.4, -0.2) is 37.2 Å². The van der Waals surface area contributed by atoms with Gasteiger partial charge in [0.1, 0.15) is 5.82 Å². The highest BCUT2D eigenvalue weighted by Gasteiger charge is 2.27. The molecule has 1 aliphatic rings. The van der Waals surface area contributed by atoms with Gasteiger partial charge in [0.25, 0.3) is 0 Å². The number of hydrogen-bond acceptors (Lipinski definition) is 4. The Kier molecular flexibility index (Phi) is 4.19. The van der Waals surface area contributed by atoms with Gasteiger partial charge < -0.3 is 15.4 Å². The molecule has 0 spiro atoms. The Bertz CT molecular complexity index is 406. The van der Waals surface area contributed by atoms with E-state index in [1.54, 1.807) is 7.11 Å². The summed E-state index contributed by atoms with van der Waals surface area (Å²) in [5.74, 6) is 1.18. The molecule has 2 N–H and O–H groups in total. The standard InChI is InChI=1S/C14H23N3O/c1-17(2)9-13-12(6-7-14(15)16-13)10-4-5-11(8-10)18-3/h6-7,10-11H,4-5,8-9H2,1-3H3,(H2,15,16). The number of nitrogens with zero attached hydrogens (tertiary/aromatic N) is 2. The van der Waals surface area contributed by atoms with Crippen LogP contribution in [0.3, 0.4) is 0 Å². The molecule has 18 heavy (non-hydrogen) atoms. The Morgan fingerprint density at radius 2 is 2.17 bits per heavy atom. The van der Waals surface area contributed by atoms with E-state index in [1.165, 1.54) is 12.0 Å². The van der Waals surface area contributed by atoms with E-state index in [0.717, 1.165) is 25.1 Å². The van der Waals surface area contributed by atoms with Crippen molar-refractivity contribution >= 4 is 5.82 Å². The van der Waals surface area contributed by atoms with Crippen LogP contribution in [-0.2, 0) is 11.3 Å². The molecule has 1 heterocycles. The summed E-state index contributed by atoms with van der Waals surface area (Å²) in [5.41, 5.74) is 8.26. The quantitative estimate of drug-likeness (QED) is 0.887. The van der Waals surface area contributed by atoms with Crippen molar-refractivity contribution in [3.8, 4) is 0 Å². The molecule has 1 fully saturated rings. The SMILES string of the molecule is COC1CCC(c2ccc(N)nc2CN(C)C)C1.